The molecule has 0 spiro atoms. The lowest BCUT2D eigenvalue weighted by molar-refractivity contribution is -0.119. The highest BCUT2D eigenvalue weighted by Crippen LogP contribution is 2.32. The zero-order valence-electron chi connectivity index (χ0n) is 12.6. The summed E-state index contributed by atoms with van der Waals surface area (Å²) < 4.78 is 7.14. The van der Waals surface area contributed by atoms with E-state index in [-0.39, 0.29) is 5.91 Å². The van der Waals surface area contributed by atoms with Crippen LogP contribution in [0.15, 0.2) is 36.5 Å². The summed E-state index contributed by atoms with van der Waals surface area (Å²) in [6.45, 7) is 2.74. The lowest BCUT2D eigenvalue weighted by atomic mass is 9.80. The van der Waals surface area contributed by atoms with Crippen LogP contribution >= 0.6 is 0 Å². The molecule has 1 saturated carbocycles. The van der Waals surface area contributed by atoms with Gasteiger partial charge in [-0.3, -0.25) is 4.79 Å². The van der Waals surface area contributed by atoms with E-state index in [9.17, 15) is 4.79 Å². The number of carbonyl (C=O) groups excluding carboxylic acids is 1. The number of nitrogens with one attached hydrogen (secondary N) is 1. The molecule has 0 saturated heterocycles. The lowest BCUT2D eigenvalue weighted by Gasteiger charge is -2.34. The molecule has 6 nitrogen and oxygen atoms in total. The first-order chi connectivity index (χ1) is 10.8. The van der Waals surface area contributed by atoms with Crippen LogP contribution in [0.4, 0.5) is 5.82 Å². The van der Waals surface area contributed by atoms with Gasteiger partial charge in [-0.05, 0) is 37.8 Å². The molecule has 2 aromatic rings. The fourth-order valence-electron chi connectivity index (χ4n) is 2.75. The Morgan fingerprint density at radius 1 is 1.36 bits per heavy atom. The van der Waals surface area contributed by atoms with Crippen LogP contribution in [0.2, 0.25) is 0 Å². The van der Waals surface area contributed by atoms with Crippen LogP contribution in [0.25, 0.3) is 5.69 Å². The minimum Gasteiger partial charge on any atom is -0.378 e. The maximum absolute atomic E-state index is 12.1. The van der Waals surface area contributed by atoms with Crippen LogP contribution in [-0.2, 0) is 9.53 Å². The standard InChI is InChI=1S/C16H20N4O2/c1-2-22-14-8-12(9-14)10-16(21)18-15-11-17-19-20(15)13-6-4-3-5-7-13/h3-7,11-12,14H,2,8-10H2,1H3,(H,18,21). The van der Waals surface area contributed by atoms with Crippen LogP contribution in [0.3, 0.4) is 0 Å². The molecule has 1 heterocycles. The monoisotopic (exact) mass is 300 g/mol. The topological polar surface area (TPSA) is 69.0 Å². The van der Waals surface area contributed by atoms with Crippen molar-refractivity contribution >= 4 is 11.7 Å². The maximum atomic E-state index is 12.1. The molecule has 22 heavy (non-hydrogen) atoms. The van der Waals surface area contributed by atoms with Crippen LogP contribution < -0.4 is 5.32 Å². The molecule has 1 aromatic heterocycles. The molecule has 0 aliphatic heterocycles. The highest BCUT2D eigenvalue weighted by atomic mass is 16.5. The number of amides is 1. The van der Waals surface area contributed by atoms with Gasteiger partial charge in [0.2, 0.25) is 5.91 Å². The number of ether oxygens (including phenoxy) is 1. The highest BCUT2D eigenvalue weighted by Gasteiger charge is 2.31. The average molecular weight is 300 g/mol. The molecule has 1 amide bonds. The SMILES string of the molecule is CCOC1CC(CC(=O)Nc2cnnn2-c2ccccc2)C1. The fourth-order valence-corrected chi connectivity index (χ4v) is 2.75. The van der Waals surface area contributed by atoms with Crippen molar-refractivity contribution in [1.29, 1.82) is 0 Å². The predicted octanol–water partition coefficient (Wildman–Crippen LogP) is 2.41. The molecule has 1 aliphatic rings. The van der Waals surface area contributed by atoms with Crippen molar-refractivity contribution in [1.82, 2.24) is 15.0 Å². The normalized spacial score (nSPS) is 20.4. The zero-order chi connectivity index (χ0) is 15.4. The number of para-hydroxylation sites is 1. The Labute approximate surface area is 129 Å². The lowest BCUT2D eigenvalue weighted by Crippen LogP contribution is -2.34. The van der Waals surface area contributed by atoms with Gasteiger partial charge in [-0.2, -0.15) is 4.68 Å². The molecule has 116 valence electrons. The van der Waals surface area contributed by atoms with Crippen LogP contribution in [0.5, 0.6) is 0 Å². The average Bonchev–Trinajstić information content (AvgIpc) is 2.94. The van der Waals surface area contributed by atoms with Crippen molar-refractivity contribution in [2.45, 2.75) is 32.3 Å². The molecule has 0 atom stereocenters. The Kier molecular flexibility index (Phi) is 4.48. The summed E-state index contributed by atoms with van der Waals surface area (Å²) in [4.78, 5) is 12.1. The van der Waals surface area contributed by atoms with E-state index in [0.717, 1.165) is 25.1 Å². The quantitative estimate of drug-likeness (QED) is 0.889. The molecule has 1 aliphatic carbocycles. The third kappa shape index (κ3) is 3.33. The van der Waals surface area contributed by atoms with E-state index in [0.29, 0.717) is 24.3 Å². The summed E-state index contributed by atoms with van der Waals surface area (Å²) in [7, 11) is 0. The second-order valence-corrected chi connectivity index (χ2v) is 5.53. The van der Waals surface area contributed by atoms with Gasteiger partial charge in [-0.1, -0.05) is 23.4 Å². The van der Waals surface area contributed by atoms with Crippen molar-refractivity contribution in [2.75, 3.05) is 11.9 Å². The number of rotatable bonds is 6. The molecular formula is C16H20N4O2. The van der Waals surface area contributed by atoms with Crippen LogP contribution in [0.1, 0.15) is 26.2 Å². The third-order valence-electron chi connectivity index (χ3n) is 3.89. The van der Waals surface area contributed by atoms with Crippen molar-refractivity contribution < 1.29 is 9.53 Å². The highest BCUT2D eigenvalue weighted by molar-refractivity contribution is 5.90. The summed E-state index contributed by atoms with van der Waals surface area (Å²) in [5.74, 6) is 1.01. The van der Waals surface area contributed by atoms with Gasteiger partial charge in [0.25, 0.3) is 0 Å². The van der Waals surface area contributed by atoms with E-state index in [1.54, 1.807) is 10.9 Å². The van der Waals surface area contributed by atoms with Gasteiger partial charge in [-0.25, -0.2) is 0 Å². The second-order valence-electron chi connectivity index (χ2n) is 5.53. The number of nitrogens with zero attached hydrogens (tertiary/aromatic N) is 3. The van der Waals surface area contributed by atoms with Gasteiger partial charge in [0.1, 0.15) is 0 Å². The Morgan fingerprint density at radius 3 is 2.86 bits per heavy atom. The first-order valence-corrected chi connectivity index (χ1v) is 7.64. The Hall–Kier alpha value is -2.21. The van der Waals surface area contributed by atoms with E-state index in [1.165, 1.54) is 0 Å². The number of anilines is 1. The molecule has 3 rings (SSSR count). The van der Waals surface area contributed by atoms with Crippen molar-refractivity contribution in [2.24, 2.45) is 5.92 Å². The van der Waals surface area contributed by atoms with Gasteiger partial charge in [0.15, 0.2) is 5.82 Å². The predicted molar refractivity (Wildman–Crippen MR) is 82.7 cm³/mol. The van der Waals surface area contributed by atoms with Gasteiger partial charge in [0.05, 0.1) is 18.0 Å². The third-order valence-corrected chi connectivity index (χ3v) is 3.89. The molecule has 1 fully saturated rings. The number of carbonyl (C=O) groups is 1. The summed E-state index contributed by atoms with van der Waals surface area (Å²) in [6.07, 6.45) is 4.35. The minimum absolute atomic E-state index is 0.000528. The molecule has 6 heteroatoms. The summed E-state index contributed by atoms with van der Waals surface area (Å²) in [5, 5.41) is 10.8. The molecule has 0 unspecified atom stereocenters. The van der Waals surface area contributed by atoms with Gasteiger partial charge >= 0.3 is 0 Å². The summed E-state index contributed by atoms with van der Waals surface area (Å²) in [6, 6.07) is 9.62. The minimum atomic E-state index is -0.000528. The first kappa shape index (κ1) is 14.7. The first-order valence-electron chi connectivity index (χ1n) is 7.64. The number of aromatic nitrogens is 3. The Morgan fingerprint density at radius 2 is 2.14 bits per heavy atom. The molecule has 1 aromatic carbocycles. The van der Waals surface area contributed by atoms with Crippen molar-refractivity contribution in [3.63, 3.8) is 0 Å². The Bertz CT molecular complexity index is 620. The molecule has 0 bridgehead atoms. The van der Waals surface area contributed by atoms with E-state index in [4.69, 9.17) is 4.74 Å². The van der Waals surface area contributed by atoms with Gasteiger partial charge < -0.3 is 10.1 Å². The van der Waals surface area contributed by atoms with E-state index >= 15 is 0 Å². The van der Waals surface area contributed by atoms with Crippen LogP contribution in [0, 0.1) is 5.92 Å². The van der Waals surface area contributed by atoms with Gasteiger partial charge in [0, 0.05) is 13.0 Å². The smallest absolute Gasteiger partial charge is 0.225 e. The van der Waals surface area contributed by atoms with E-state index in [2.05, 4.69) is 15.6 Å². The number of hydrogen-bond acceptors (Lipinski definition) is 4. The number of benzene rings is 1. The summed E-state index contributed by atoms with van der Waals surface area (Å²) in [5.41, 5.74) is 0.871. The molecular weight excluding hydrogens is 280 g/mol. The molecule has 1 N–H and O–H groups in total. The van der Waals surface area contributed by atoms with Crippen molar-refractivity contribution in [3.8, 4) is 5.69 Å². The zero-order valence-corrected chi connectivity index (χ0v) is 12.6. The van der Waals surface area contributed by atoms with E-state index < -0.39 is 0 Å². The molecule has 0 radical (unpaired) electrons. The second kappa shape index (κ2) is 6.70. The summed E-state index contributed by atoms with van der Waals surface area (Å²) >= 11 is 0. The van der Waals surface area contributed by atoms with Crippen molar-refractivity contribution in [3.05, 3.63) is 36.5 Å². The largest absolute Gasteiger partial charge is 0.378 e. The van der Waals surface area contributed by atoms with Crippen LogP contribution in [-0.4, -0.2) is 33.6 Å². The number of hydrogen-bond donors (Lipinski definition) is 1. The van der Waals surface area contributed by atoms with Gasteiger partial charge in [-0.15, -0.1) is 5.10 Å². The van der Waals surface area contributed by atoms with E-state index in [1.807, 2.05) is 37.3 Å². The Balaban J connectivity index is 1.56. The maximum Gasteiger partial charge on any atom is 0.225 e. The fraction of sp³-hybridized carbons (Fsp3) is 0.438.